The minimum Gasteiger partial charge on any atom is -0.492 e. The van der Waals surface area contributed by atoms with Gasteiger partial charge in [-0.05, 0) is 31.0 Å². The van der Waals surface area contributed by atoms with Crippen molar-refractivity contribution in [3.8, 4) is 17.5 Å². The molecule has 1 aliphatic carbocycles. The molecule has 1 aromatic carbocycles. The Morgan fingerprint density at radius 3 is 2.71 bits per heavy atom. The lowest BCUT2D eigenvalue weighted by atomic mass is 9.97. The molecule has 1 fully saturated rings. The predicted molar refractivity (Wildman–Crippen MR) is 99.1 cm³/mol. The summed E-state index contributed by atoms with van der Waals surface area (Å²) in [4.78, 5) is 23.0. The molecule has 2 aromatic heterocycles. The van der Waals surface area contributed by atoms with Gasteiger partial charge in [0.05, 0.1) is 29.6 Å². The van der Waals surface area contributed by atoms with E-state index in [1.54, 1.807) is 0 Å². The number of aromatic nitrogens is 3. The molecular weight excluding hydrogens is 362 g/mol. The SMILES string of the molecule is O=[N+]([O-])c1cccnc1Nc1cnc(Oc2cccc3c2C2(CC2)CO3)nc1. The van der Waals surface area contributed by atoms with Crippen LogP contribution in [0.1, 0.15) is 18.4 Å². The van der Waals surface area contributed by atoms with Gasteiger partial charge in [-0.1, -0.05) is 6.07 Å². The zero-order chi connectivity index (χ0) is 19.1. The van der Waals surface area contributed by atoms with Crippen LogP contribution in [0.3, 0.4) is 0 Å². The fraction of sp³-hybridized carbons (Fsp3) is 0.211. The lowest BCUT2D eigenvalue weighted by Gasteiger charge is -2.12. The molecule has 0 unspecified atom stereocenters. The van der Waals surface area contributed by atoms with Crippen LogP contribution in [0.2, 0.25) is 0 Å². The van der Waals surface area contributed by atoms with Gasteiger partial charge >= 0.3 is 11.7 Å². The molecule has 1 spiro atoms. The summed E-state index contributed by atoms with van der Waals surface area (Å²) in [5, 5.41) is 13.9. The van der Waals surface area contributed by atoms with Crippen molar-refractivity contribution in [2.75, 3.05) is 11.9 Å². The molecule has 3 heterocycles. The minimum atomic E-state index is -0.501. The Kier molecular flexibility index (Phi) is 3.61. The van der Waals surface area contributed by atoms with Crippen molar-refractivity contribution < 1.29 is 14.4 Å². The number of ether oxygens (including phenoxy) is 2. The van der Waals surface area contributed by atoms with E-state index in [2.05, 4.69) is 20.3 Å². The van der Waals surface area contributed by atoms with Crippen LogP contribution in [0.25, 0.3) is 0 Å². The monoisotopic (exact) mass is 377 g/mol. The van der Waals surface area contributed by atoms with Crippen molar-refractivity contribution in [1.82, 2.24) is 15.0 Å². The second-order valence-electron chi connectivity index (χ2n) is 6.81. The second kappa shape index (κ2) is 6.15. The van der Waals surface area contributed by atoms with Gasteiger partial charge in [0.15, 0.2) is 0 Å². The van der Waals surface area contributed by atoms with E-state index >= 15 is 0 Å². The first-order chi connectivity index (χ1) is 13.6. The Morgan fingerprint density at radius 2 is 1.96 bits per heavy atom. The lowest BCUT2D eigenvalue weighted by molar-refractivity contribution is -0.384. The average molecular weight is 377 g/mol. The predicted octanol–water partition coefficient (Wildman–Crippen LogP) is 3.74. The summed E-state index contributed by atoms with van der Waals surface area (Å²) >= 11 is 0. The molecule has 2 aliphatic rings. The molecule has 140 valence electrons. The molecule has 3 aromatic rings. The van der Waals surface area contributed by atoms with Crippen LogP contribution in [0.15, 0.2) is 48.9 Å². The maximum atomic E-state index is 11.1. The van der Waals surface area contributed by atoms with E-state index in [9.17, 15) is 10.1 Å². The zero-order valence-corrected chi connectivity index (χ0v) is 14.7. The van der Waals surface area contributed by atoms with Crippen LogP contribution in [0.4, 0.5) is 17.2 Å². The van der Waals surface area contributed by atoms with Crippen molar-refractivity contribution in [3.05, 3.63) is 64.6 Å². The summed E-state index contributed by atoms with van der Waals surface area (Å²) in [6.07, 6.45) is 6.64. The number of nitrogens with one attached hydrogen (secondary N) is 1. The first kappa shape index (κ1) is 16.4. The third-order valence-corrected chi connectivity index (χ3v) is 4.95. The van der Waals surface area contributed by atoms with Crippen molar-refractivity contribution in [1.29, 1.82) is 0 Å². The van der Waals surface area contributed by atoms with Gasteiger partial charge in [-0.15, -0.1) is 0 Å². The molecule has 28 heavy (non-hydrogen) atoms. The number of anilines is 2. The largest absolute Gasteiger partial charge is 0.492 e. The van der Waals surface area contributed by atoms with E-state index < -0.39 is 4.92 Å². The zero-order valence-electron chi connectivity index (χ0n) is 14.7. The number of hydrogen-bond donors (Lipinski definition) is 1. The van der Waals surface area contributed by atoms with Crippen LogP contribution >= 0.6 is 0 Å². The van der Waals surface area contributed by atoms with Gasteiger partial charge in [0.25, 0.3) is 0 Å². The number of benzene rings is 1. The van der Waals surface area contributed by atoms with E-state index in [4.69, 9.17) is 9.47 Å². The van der Waals surface area contributed by atoms with Crippen molar-refractivity contribution in [3.63, 3.8) is 0 Å². The fourth-order valence-corrected chi connectivity index (χ4v) is 3.38. The number of nitro groups is 1. The van der Waals surface area contributed by atoms with Crippen LogP contribution < -0.4 is 14.8 Å². The molecular formula is C19H15N5O4. The molecule has 5 rings (SSSR count). The van der Waals surface area contributed by atoms with Gasteiger partial charge in [0.2, 0.25) is 5.82 Å². The molecule has 0 atom stereocenters. The fourth-order valence-electron chi connectivity index (χ4n) is 3.38. The quantitative estimate of drug-likeness (QED) is 0.528. The number of hydrogen-bond acceptors (Lipinski definition) is 8. The van der Waals surface area contributed by atoms with Gasteiger partial charge in [0.1, 0.15) is 11.5 Å². The van der Waals surface area contributed by atoms with Gasteiger partial charge in [-0.2, -0.15) is 0 Å². The number of nitrogens with zero attached hydrogens (tertiary/aromatic N) is 4. The smallest absolute Gasteiger partial charge is 0.322 e. The Morgan fingerprint density at radius 1 is 1.14 bits per heavy atom. The van der Waals surface area contributed by atoms with E-state index in [1.807, 2.05) is 18.2 Å². The Hall–Kier alpha value is -3.75. The third-order valence-electron chi connectivity index (χ3n) is 4.95. The van der Waals surface area contributed by atoms with Crippen LogP contribution in [-0.2, 0) is 5.41 Å². The molecule has 0 radical (unpaired) electrons. The summed E-state index contributed by atoms with van der Waals surface area (Å²) in [6, 6.07) is 8.79. The van der Waals surface area contributed by atoms with E-state index in [1.165, 1.54) is 30.7 Å². The number of fused-ring (bicyclic) bond motifs is 2. The van der Waals surface area contributed by atoms with Gasteiger partial charge < -0.3 is 14.8 Å². The van der Waals surface area contributed by atoms with Crippen molar-refractivity contribution in [2.45, 2.75) is 18.3 Å². The maximum absolute atomic E-state index is 11.1. The highest BCUT2D eigenvalue weighted by Crippen LogP contribution is 2.58. The summed E-state index contributed by atoms with van der Waals surface area (Å²) in [5.41, 5.74) is 1.50. The summed E-state index contributed by atoms with van der Waals surface area (Å²) in [7, 11) is 0. The number of pyridine rings is 1. The van der Waals surface area contributed by atoms with E-state index in [-0.39, 0.29) is 22.9 Å². The lowest BCUT2D eigenvalue weighted by Crippen LogP contribution is -2.08. The second-order valence-corrected chi connectivity index (χ2v) is 6.81. The normalized spacial score (nSPS) is 15.6. The Balaban J connectivity index is 1.36. The number of rotatable bonds is 5. The highest BCUT2D eigenvalue weighted by molar-refractivity contribution is 5.64. The van der Waals surface area contributed by atoms with Crippen LogP contribution in [-0.4, -0.2) is 26.5 Å². The van der Waals surface area contributed by atoms with E-state index in [0.29, 0.717) is 18.0 Å². The van der Waals surface area contributed by atoms with Gasteiger partial charge in [0, 0.05) is 23.2 Å². The van der Waals surface area contributed by atoms with Crippen LogP contribution in [0.5, 0.6) is 17.5 Å². The molecule has 1 N–H and O–H groups in total. The maximum Gasteiger partial charge on any atom is 0.322 e. The summed E-state index contributed by atoms with van der Waals surface area (Å²) in [5.74, 6) is 1.68. The third kappa shape index (κ3) is 2.77. The first-order valence-corrected chi connectivity index (χ1v) is 8.77. The molecule has 9 heteroatoms. The molecule has 1 aliphatic heterocycles. The first-order valence-electron chi connectivity index (χ1n) is 8.77. The highest BCUT2D eigenvalue weighted by atomic mass is 16.6. The molecule has 9 nitrogen and oxygen atoms in total. The highest BCUT2D eigenvalue weighted by Gasteiger charge is 2.52. The molecule has 0 amide bonds. The Bertz CT molecular complexity index is 1070. The molecule has 0 bridgehead atoms. The minimum absolute atomic E-state index is 0.0747. The van der Waals surface area contributed by atoms with Crippen molar-refractivity contribution >= 4 is 17.2 Å². The molecule has 0 saturated heterocycles. The van der Waals surface area contributed by atoms with Crippen molar-refractivity contribution in [2.24, 2.45) is 0 Å². The summed E-state index contributed by atoms with van der Waals surface area (Å²) in [6.45, 7) is 0.690. The van der Waals surface area contributed by atoms with Gasteiger partial charge in [-0.3, -0.25) is 10.1 Å². The Labute approximate surface area is 159 Å². The average Bonchev–Trinajstić information content (AvgIpc) is 3.39. The van der Waals surface area contributed by atoms with E-state index in [0.717, 1.165) is 24.2 Å². The van der Waals surface area contributed by atoms with Crippen LogP contribution in [0, 0.1) is 10.1 Å². The topological polar surface area (TPSA) is 112 Å². The standard InChI is InChI=1S/C19H15N5O4/c25-24(26)13-3-2-8-20-17(13)23-12-9-21-18(22-10-12)28-15-5-1-4-14-16(15)19(6-7-19)11-27-14/h1-5,8-10H,6-7,11H2,(H,20,23). The summed E-state index contributed by atoms with van der Waals surface area (Å²) < 4.78 is 11.7. The molecule has 1 saturated carbocycles. The van der Waals surface area contributed by atoms with Gasteiger partial charge in [-0.25, -0.2) is 15.0 Å².